The van der Waals surface area contributed by atoms with E-state index >= 15 is 0 Å². The zero-order valence-corrected chi connectivity index (χ0v) is 12.6. The number of alkyl halides is 3. The highest BCUT2D eigenvalue weighted by Gasteiger charge is 2.32. The van der Waals surface area contributed by atoms with Gasteiger partial charge < -0.3 is 5.32 Å². The van der Waals surface area contributed by atoms with Gasteiger partial charge in [-0.3, -0.25) is 0 Å². The van der Waals surface area contributed by atoms with Crippen molar-refractivity contribution in [2.75, 3.05) is 5.32 Å². The molecule has 0 unspecified atom stereocenters. The third kappa shape index (κ3) is 3.74. The van der Waals surface area contributed by atoms with Crippen molar-refractivity contribution in [3.8, 4) is 12.1 Å². The standard InChI is InChI=1S/C18H12F3N3/c1-12-15(18(19,20)21)6-4-8-16(12)24-17-7-3-2-5-14(17)9-13(10-22)11-23/h2-9,24H,1H3. The van der Waals surface area contributed by atoms with Crippen LogP contribution in [0, 0.1) is 29.6 Å². The summed E-state index contributed by atoms with van der Waals surface area (Å²) < 4.78 is 39.0. The SMILES string of the molecule is Cc1c(Nc2ccccc2C=C(C#N)C#N)cccc1C(F)(F)F. The van der Waals surface area contributed by atoms with Gasteiger partial charge in [-0.05, 0) is 42.3 Å². The molecule has 0 fully saturated rings. The molecule has 0 saturated carbocycles. The van der Waals surface area contributed by atoms with Crippen LogP contribution in [0.25, 0.3) is 6.08 Å². The monoisotopic (exact) mass is 327 g/mol. The first kappa shape index (κ1) is 17.1. The van der Waals surface area contributed by atoms with Gasteiger partial charge in [-0.2, -0.15) is 23.7 Å². The van der Waals surface area contributed by atoms with Gasteiger partial charge in [0.1, 0.15) is 17.7 Å². The number of allylic oxidation sites excluding steroid dienone is 1. The highest BCUT2D eigenvalue weighted by molar-refractivity contribution is 5.76. The molecule has 24 heavy (non-hydrogen) atoms. The lowest BCUT2D eigenvalue weighted by molar-refractivity contribution is -0.138. The molecule has 0 aliphatic rings. The average Bonchev–Trinajstić information content (AvgIpc) is 2.54. The molecule has 3 nitrogen and oxygen atoms in total. The molecule has 0 radical (unpaired) electrons. The Morgan fingerprint density at radius 1 is 1.00 bits per heavy atom. The van der Waals surface area contributed by atoms with Crippen LogP contribution in [0.2, 0.25) is 0 Å². The van der Waals surface area contributed by atoms with Crippen LogP contribution in [0.15, 0.2) is 48.0 Å². The Morgan fingerprint density at radius 2 is 1.62 bits per heavy atom. The van der Waals surface area contributed by atoms with E-state index in [2.05, 4.69) is 5.32 Å². The normalized spacial score (nSPS) is 10.4. The summed E-state index contributed by atoms with van der Waals surface area (Å²) in [6.45, 7) is 1.39. The molecular weight excluding hydrogens is 315 g/mol. The molecule has 0 bridgehead atoms. The Morgan fingerprint density at radius 3 is 2.25 bits per heavy atom. The minimum Gasteiger partial charge on any atom is -0.355 e. The summed E-state index contributed by atoms with van der Waals surface area (Å²) in [5.74, 6) is 0. The van der Waals surface area contributed by atoms with Crippen molar-refractivity contribution in [2.24, 2.45) is 0 Å². The van der Waals surface area contributed by atoms with E-state index < -0.39 is 11.7 Å². The minimum atomic E-state index is -4.43. The van der Waals surface area contributed by atoms with Crippen molar-refractivity contribution in [2.45, 2.75) is 13.1 Å². The van der Waals surface area contributed by atoms with E-state index in [1.54, 1.807) is 42.5 Å². The molecule has 6 heteroatoms. The fraction of sp³-hybridized carbons (Fsp3) is 0.111. The molecule has 0 spiro atoms. The van der Waals surface area contributed by atoms with Gasteiger partial charge in [0, 0.05) is 11.4 Å². The van der Waals surface area contributed by atoms with Crippen molar-refractivity contribution in [3.05, 3.63) is 64.7 Å². The predicted octanol–water partition coefficient (Wildman–Crippen LogP) is 5.19. The molecule has 2 rings (SSSR count). The van der Waals surface area contributed by atoms with Crippen LogP contribution in [0.4, 0.5) is 24.5 Å². The van der Waals surface area contributed by atoms with Gasteiger partial charge in [-0.25, -0.2) is 0 Å². The van der Waals surface area contributed by atoms with Crippen molar-refractivity contribution < 1.29 is 13.2 Å². The smallest absolute Gasteiger partial charge is 0.355 e. The lowest BCUT2D eigenvalue weighted by atomic mass is 10.0. The Balaban J connectivity index is 2.46. The number of anilines is 2. The maximum atomic E-state index is 13.0. The fourth-order valence-corrected chi connectivity index (χ4v) is 2.21. The summed E-state index contributed by atoms with van der Waals surface area (Å²) >= 11 is 0. The molecule has 2 aromatic rings. The van der Waals surface area contributed by atoms with Gasteiger partial charge in [-0.15, -0.1) is 0 Å². The number of hydrogen-bond donors (Lipinski definition) is 1. The molecule has 0 aliphatic heterocycles. The predicted molar refractivity (Wildman–Crippen MR) is 85.1 cm³/mol. The third-order valence-corrected chi connectivity index (χ3v) is 3.41. The molecule has 0 atom stereocenters. The van der Waals surface area contributed by atoms with Gasteiger partial charge in [0.25, 0.3) is 0 Å². The number of rotatable bonds is 3. The first-order valence-corrected chi connectivity index (χ1v) is 6.91. The van der Waals surface area contributed by atoms with E-state index in [0.717, 1.165) is 6.07 Å². The van der Waals surface area contributed by atoms with Crippen molar-refractivity contribution >= 4 is 17.5 Å². The molecule has 0 aromatic heterocycles. The Bertz CT molecular complexity index is 852. The van der Waals surface area contributed by atoms with Crippen LogP contribution >= 0.6 is 0 Å². The van der Waals surface area contributed by atoms with Crippen LogP contribution in [-0.2, 0) is 6.18 Å². The van der Waals surface area contributed by atoms with Crippen molar-refractivity contribution in [3.63, 3.8) is 0 Å². The molecule has 0 aliphatic carbocycles. The molecule has 0 amide bonds. The summed E-state index contributed by atoms with van der Waals surface area (Å²) in [7, 11) is 0. The Kier molecular flexibility index (Phi) is 4.91. The maximum Gasteiger partial charge on any atom is 0.416 e. The first-order chi connectivity index (χ1) is 11.4. The lowest BCUT2D eigenvalue weighted by Gasteiger charge is -2.16. The molecule has 0 heterocycles. The lowest BCUT2D eigenvalue weighted by Crippen LogP contribution is -2.09. The van der Waals surface area contributed by atoms with Crippen molar-refractivity contribution in [1.29, 1.82) is 10.5 Å². The van der Waals surface area contributed by atoms with Crippen LogP contribution in [0.3, 0.4) is 0 Å². The maximum absolute atomic E-state index is 13.0. The van der Waals surface area contributed by atoms with E-state index in [1.165, 1.54) is 19.1 Å². The quantitative estimate of drug-likeness (QED) is 0.789. The summed E-state index contributed by atoms with van der Waals surface area (Å²) in [4.78, 5) is 0. The zero-order valence-electron chi connectivity index (χ0n) is 12.6. The van der Waals surface area contributed by atoms with E-state index in [1.807, 2.05) is 0 Å². The van der Waals surface area contributed by atoms with Gasteiger partial charge in [0.05, 0.1) is 5.56 Å². The number of benzene rings is 2. The van der Waals surface area contributed by atoms with Crippen LogP contribution < -0.4 is 5.32 Å². The summed E-state index contributed by atoms with van der Waals surface area (Å²) in [6.07, 6.45) is -3.05. The molecule has 2 aromatic carbocycles. The van der Waals surface area contributed by atoms with Crippen LogP contribution in [0.1, 0.15) is 16.7 Å². The number of nitriles is 2. The number of nitrogens with zero attached hydrogens (tertiary/aromatic N) is 2. The first-order valence-electron chi connectivity index (χ1n) is 6.91. The Hall–Kier alpha value is -3.25. The largest absolute Gasteiger partial charge is 0.416 e. The van der Waals surface area contributed by atoms with Gasteiger partial charge in [-0.1, -0.05) is 24.3 Å². The van der Waals surface area contributed by atoms with Gasteiger partial charge in [0.15, 0.2) is 0 Å². The summed E-state index contributed by atoms with van der Waals surface area (Å²) in [5, 5.41) is 20.6. The second-order valence-corrected chi connectivity index (χ2v) is 4.97. The summed E-state index contributed by atoms with van der Waals surface area (Å²) in [6, 6.07) is 14.2. The van der Waals surface area contributed by atoms with E-state index in [0.29, 0.717) is 16.9 Å². The Labute approximate surface area is 137 Å². The second-order valence-electron chi connectivity index (χ2n) is 4.97. The third-order valence-electron chi connectivity index (χ3n) is 3.41. The topological polar surface area (TPSA) is 59.6 Å². The molecule has 1 N–H and O–H groups in total. The molecular formula is C18H12F3N3. The molecule has 0 saturated heterocycles. The van der Waals surface area contributed by atoms with E-state index in [4.69, 9.17) is 10.5 Å². The van der Waals surface area contributed by atoms with Crippen molar-refractivity contribution in [1.82, 2.24) is 0 Å². The highest BCUT2D eigenvalue weighted by Crippen LogP contribution is 2.35. The number of halogens is 3. The second kappa shape index (κ2) is 6.89. The van der Waals surface area contributed by atoms with Crippen LogP contribution in [-0.4, -0.2) is 0 Å². The number of para-hydroxylation sites is 1. The van der Waals surface area contributed by atoms with E-state index in [-0.39, 0.29) is 11.1 Å². The highest BCUT2D eigenvalue weighted by atomic mass is 19.4. The minimum absolute atomic E-state index is 0.0737. The fourth-order valence-electron chi connectivity index (χ4n) is 2.21. The average molecular weight is 327 g/mol. The van der Waals surface area contributed by atoms with E-state index in [9.17, 15) is 13.2 Å². The number of nitrogens with one attached hydrogen (secondary N) is 1. The number of hydrogen-bond acceptors (Lipinski definition) is 3. The zero-order chi connectivity index (χ0) is 17.7. The van der Waals surface area contributed by atoms with Gasteiger partial charge >= 0.3 is 6.18 Å². The summed E-state index contributed by atoms with van der Waals surface area (Å²) in [5.41, 5.74) is 0.612. The van der Waals surface area contributed by atoms with Crippen LogP contribution in [0.5, 0.6) is 0 Å². The molecule has 120 valence electrons. The van der Waals surface area contributed by atoms with Gasteiger partial charge in [0.2, 0.25) is 0 Å².